The number of methoxy groups -OCH3 is 2. The summed E-state index contributed by atoms with van der Waals surface area (Å²) < 4.78 is 10.3. The first kappa shape index (κ1) is 33.2. The Labute approximate surface area is 272 Å². The van der Waals surface area contributed by atoms with Crippen LogP contribution in [0, 0.1) is 13.8 Å². The van der Waals surface area contributed by atoms with Crippen molar-refractivity contribution in [1.82, 2.24) is 19.9 Å². The Morgan fingerprint density at radius 3 is 2.15 bits per heavy atom. The summed E-state index contributed by atoms with van der Waals surface area (Å²) in [5.41, 5.74) is 15.2. The van der Waals surface area contributed by atoms with Crippen LogP contribution >= 0.6 is 0 Å². The molecule has 46 heavy (non-hydrogen) atoms. The summed E-state index contributed by atoms with van der Waals surface area (Å²) in [6, 6.07) is 6.52. The van der Waals surface area contributed by atoms with Crippen molar-refractivity contribution in [3.63, 3.8) is 0 Å². The molecule has 0 fully saturated rings. The number of fused-ring (bicyclic) bond motifs is 8. The molecule has 0 amide bonds. The van der Waals surface area contributed by atoms with Crippen molar-refractivity contribution in [3.8, 4) is 0 Å². The number of hydrogen-bond donors (Lipinski definition) is 2. The fraction of sp³-hybridized carbons (Fsp3) is 0.474. The molecule has 0 saturated carbocycles. The molecule has 3 unspecified atom stereocenters. The van der Waals surface area contributed by atoms with Crippen molar-refractivity contribution in [1.29, 1.82) is 0 Å². The van der Waals surface area contributed by atoms with E-state index in [-0.39, 0.29) is 30.2 Å². The Balaban J connectivity index is 2.01. The number of esters is 2. The second kappa shape index (κ2) is 12.9. The van der Waals surface area contributed by atoms with Gasteiger partial charge in [-0.25, -0.2) is 4.98 Å². The molecule has 0 aliphatic carbocycles. The van der Waals surface area contributed by atoms with Crippen LogP contribution in [0.15, 0.2) is 18.2 Å². The van der Waals surface area contributed by atoms with Gasteiger partial charge < -0.3 is 19.4 Å². The van der Waals surface area contributed by atoms with Crippen LogP contribution < -0.4 is 0 Å². The fourth-order valence-electron chi connectivity index (χ4n) is 7.34. The van der Waals surface area contributed by atoms with E-state index in [1.54, 1.807) is 0 Å². The van der Waals surface area contributed by atoms with E-state index >= 15 is 0 Å². The maximum Gasteiger partial charge on any atom is 0.313 e. The fourth-order valence-corrected chi connectivity index (χ4v) is 7.34. The van der Waals surface area contributed by atoms with E-state index in [1.165, 1.54) is 36.5 Å². The lowest BCUT2D eigenvalue weighted by Crippen LogP contribution is -2.17. The van der Waals surface area contributed by atoms with Crippen LogP contribution in [0.2, 0.25) is 0 Å². The number of H-pyrrole nitrogens is 2. The van der Waals surface area contributed by atoms with Gasteiger partial charge in [0, 0.05) is 51.6 Å². The van der Waals surface area contributed by atoms with Gasteiger partial charge in [0.1, 0.15) is 0 Å². The lowest BCUT2D eigenvalue weighted by molar-refractivity contribution is -0.142. The molecule has 2 aliphatic rings. The maximum absolute atomic E-state index is 13.3. The van der Waals surface area contributed by atoms with Crippen molar-refractivity contribution < 1.29 is 19.1 Å². The Hall–Kier alpha value is -4.20. The van der Waals surface area contributed by atoms with Crippen LogP contribution in [-0.4, -0.2) is 46.1 Å². The predicted molar refractivity (Wildman–Crippen MR) is 185 cm³/mol. The number of aromatic amines is 2. The first-order valence-electron chi connectivity index (χ1n) is 16.4. The number of allylic oxidation sites excluding steroid dienone is 2. The quantitative estimate of drug-likeness (QED) is 0.255. The van der Waals surface area contributed by atoms with Crippen LogP contribution in [0.3, 0.4) is 0 Å². The zero-order chi connectivity index (χ0) is 33.6. The third kappa shape index (κ3) is 5.67. The van der Waals surface area contributed by atoms with Gasteiger partial charge in [0.15, 0.2) is 0 Å². The van der Waals surface area contributed by atoms with Gasteiger partial charge in [-0.1, -0.05) is 27.7 Å². The SMILES string of the molecule is CCc1c(C)c2cc3[nH]c(cc4nc(c(C(C)C(=O)OC)c5nc(cc1[nH]2)C(C)=C5C)C(CCC(=O)OC)C4C)c(C)c3C(C)C. The largest absolute Gasteiger partial charge is 0.469 e. The van der Waals surface area contributed by atoms with Gasteiger partial charge >= 0.3 is 11.9 Å². The molecule has 0 spiro atoms. The number of aromatic nitrogens is 4. The van der Waals surface area contributed by atoms with Gasteiger partial charge in [-0.15, -0.1) is 0 Å². The van der Waals surface area contributed by atoms with Gasteiger partial charge in [0.2, 0.25) is 0 Å². The average molecular weight is 625 g/mol. The predicted octanol–water partition coefficient (Wildman–Crippen LogP) is 8.69. The van der Waals surface area contributed by atoms with Gasteiger partial charge in [-0.3, -0.25) is 14.6 Å². The highest BCUT2D eigenvalue weighted by atomic mass is 16.5. The summed E-state index contributed by atoms with van der Waals surface area (Å²) in [7, 11) is 2.83. The van der Waals surface area contributed by atoms with Crippen molar-refractivity contribution in [2.45, 2.75) is 105 Å². The van der Waals surface area contributed by atoms with E-state index in [4.69, 9.17) is 19.4 Å². The lowest BCUT2D eigenvalue weighted by atomic mass is 9.82. The number of nitrogens with one attached hydrogen (secondary N) is 2. The smallest absolute Gasteiger partial charge is 0.313 e. The summed E-state index contributed by atoms with van der Waals surface area (Å²) in [5, 5.41) is 0. The Bertz CT molecular complexity index is 1910. The number of ether oxygens (including phenoxy) is 2. The molecule has 0 aromatic carbocycles. The molecular weight excluding hydrogens is 576 g/mol. The minimum Gasteiger partial charge on any atom is -0.469 e. The second-order valence-electron chi connectivity index (χ2n) is 13.2. The normalized spacial score (nSPS) is 17.0. The molecule has 3 aromatic heterocycles. The topological polar surface area (TPSA) is 110 Å². The van der Waals surface area contributed by atoms with Crippen molar-refractivity contribution in [3.05, 3.63) is 68.8 Å². The van der Waals surface area contributed by atoms with E-state index in [0.717, 1.165) is 68.0 Å². The summed E-state index contributed by atoms with van der Waals surface area (Å²) in [4.78, 5) is 43.6. The van der Waals surface area contributed by atoms with E-state index in [2.05, 4.69) is 83.6 Å². The van der Waals surface area contributed by atoms with E-state index in [1.807, 2.05) is 6.92 Å². The Morgan fingerprint density at radius 1 is 0.848 bits per heavy atom. The standard InChI is InChI=1S/C38H48N4O4/c1-12-25-21(6)28-17-32-34(18(2)3)23(8)30(40-32)15-29-22(7)26(13-14-33(43)45-10)37(42-29)35(24(9)38(44)46-11)36-20(5)19(4)27(41-36)16-31(25)39-28/h15-18,22,24,26,39-40H,12-14H2,1-11H3. The summed E-state index contributed by atoms with van der Waals surface area (Å²) in [6.07, 6.45) is 1.65. The van der Waals surface area contributed by atoms with Crippen LogP contribution in [0.4, 0.5) is 0 Å². The summed E-state index contributed by atoms with van der Waals surface area (Å²) in [5.74, 6) is -1.09. The molecule has 8 nitrogen and oxygen atoms in total. The highest BCUT2D eigenvalue weighted by Crippen LogP contribution is 2.45. The summed E-state index contributed by atoms with van der Waals surface area (Å²) in [6.45, 7) is 19.1. The zero-order valence-corrected chi connectivity index (χ0v) is 29.2. The molecule has 3 atom stereocenters. The van der Waals surface area contributed by atoms with Gasteiger partial charge in [0.25, 0.3) is 0 Å². The zero-order valence-electron chi connectivity index (χ0n) is 29.2. The van der Waals surface area contributed by atoms with Crippen LogP contribution in [-0.2, 0) is 25.5 Å². The third-order valence-electron chi connectivity index (χ3n) is 10.2. The molecule has 3 aromatic rings. The average Bonchev–Trinajstić information content (AvgIpc) is 3.69. The number of carbonyl (C=O) groups excluding carboxylic acids is 2. The van der Waals surface area contributed by atoms with Crippen LogP contribution in [0.1, 0.15) is 136 Å². The molecule has 2 aliphatic heterocycles. The third-order valence-corrected chi connectivity index (χ3v) is 10.2. The van der Waals surface area contributed by atoms with Crippen molar-refractivity contribution in [2.24, 2.45) is 0 Å². The first-order chi connectivity index (χ1) is 21.8. The molecule has 244 valence electrons. The van der Waals surface area contributed by atoms with Crippen molar-refractivity contribution in [2.75, 3.05) is 14.2 Å². The number of carbonyl (C=O) groups is 2. The number of aryl methyl sites for hydroxylation is 3. The molecular formula is C38H48N4O4. The minimum atomic E-state index is -0.623. The molecule has 8 bridgehead atoms. The maximum atomic E-state index is 13.3. The number of hydrogen-bond acceptors (Lipinski definition) is 6. The van der Waals surface area contributed by atoms with Crippen LogP contribution in [0.25, 0.3) is 33.2 Å². The second-order valence-corrected chi connectivity index (χ2v) is 13.2. The highest BCUT2D eigenvalue weighted by molar-refractivity contribution is 5.94. The highest BCUT2D eigenvalue weighted by Gasteiger charge is 2.36. The molecule has 0 radical (unpaired) electrons. The Kier molecular flexibility index (Phi) is 9.30. The van der Waals surface area contributed by atoms with Gasteiger partial charge in [-0.05, 0) is 105 Å². The summed E-state index contributed by atoms with van der Waals surface area (Å²) >= 11 is 0. The molecule has 5 rings (SSSR count). The van der Waals surface area contributed by atoms with Gasteiger partial charge in [0.05, 0.1) is 37.2 Å². The van der Waals surface area contributed by atoms with E-state index < -0.39 is 5.92 Å². The Morgan fingerprint density at radius 2 is 1.52 bits per heavy atom. The van der Waals surface area contributed by atoms with Gasteiger partial charge in [-0.2, -0.15) is 0 Å². The monoisotopic (exact) mass is 624 g/mol. The number of nitrogens with zero attached hydrogens (tertiary/aromatic N) is 2. The molecule has 5 heterocycles. The lowest BCUT2D eigenvalue weighted by Gasteiger charge is -2.20. The van der Waals surface area contributed by atoms with Crippen LogP contribution in [0.5, 0.6) is 0 Å². The van der Waals surface area contributed by atoms with E-state index in [9.17, 15) is 9.59 Å². The van der Waals surface area contributed by atoms with E-state index in [0.29, 0.717) is 12.3 Å². The molecule has 2 N–H and O–H groups in total. The molecule has 0 saturated heterocycles. The van der Waals surface area contributed by atoms with Crippen molar-refractivity contribution >= 4 is 45.2 Å². The minimum absolute atomic E-state index is 0.0184. The first-order valence-corrected chi connectivity index (χ1v) is 16.4. The molecule has 8 heteroatoms. The number of rotatable bonds is 7.